The van der Waals surface area contributed by atoms with E-state index in [9.17, 15) is 23.8 Å². The van der Waals surface area contributed by atoms with Crippen molar-refractivity contribution in [3.05, 3.63) is 97.2 Å². The number of phosphoric acid groups is 1. The maximum absolute atomic E-state index is 12.6. The Morgan fingerprint density at radius 2 is 0.897 bits per heavy atom. The quantitative estimate of drug-likeness (QED) is 0.0234. The summed E-state index contributed by atoms with van der Waals surface area (Å²) < 4.78 is 32.5. The highest BCUT2D eigenvalue weighted by atomic mass is 31.2. The SMILES string of the molecule is CCCCC/C=C\C/C=C\C/C=C\C/C=C\CCCC(=O)OC[C@H](COP(=O)(O)OC[C@H](N)C(=O)O)OC(=O)CCC/C=C\C/C=C\C/C=C\C/C=C\CCCCC. The highest BCUT2D eigenvalue weighted by molar-refractivity contribution is 7.47. The molecule has 11 nitrogen and oxygen atoms in total. The van der Waals surface area contributed by atoms with Gasteiger partial charge < -0.3 is 25.2 Å². The van der Waals surface area contributed by atoms with Crippen LogP contribution in [0.3, 0.4) is 0 Å². The van der Waals surface area contributed by atoms with E-state index in [2.05, 4.69) is 91.3 Å². The zero-order valence-electron chi connectivity index (χ0n) is 35.3. The molecular formula is C46H74NO10P. The number of carboxylic acids is 1. The van der Waals surface area contributed by atoms with E-state index >= 15 is 0 Å². The van der Waals surface area contributed by atoms with E-state index in [-0.39, 0.29) is 12.8 Å². The molecule has 0 aliphatic heterocycles. The van der Waals surface area contributed by atoms with Gasteiger partial charge in [0.05, 0.1) is 13.2 Å². The second-order valence-electron chi connectivity index (χ2n) is 13.8. The van der Waals surface area contributed by atoms with Crippen molar-refractivity contribution in [2.75, 3.05) is 19.8 Å². The summed E-state index contributed by atoms with van der Waals surface area (Å²) in [5, 5.41) is 8.88. The molecule has 58 heavy (non-hydrogen) atoms. The van der Waals surface area contributed by atoms with Gasteiger partial charge in [-0.3, -0.25) is 23.4 Å². The minimum atomic E-state index is -4.75. The van der Waals surface area contributed by atoms with Gasteiger partial charge in [0, 0.05) is 12.8 Å². The second kappa shape index (κ2) is 40.2. The van der Waals surface area contributed by atoms with Crippen molar-refractivity contribution < 1.29 is 47.5 Å². The van der Waals surface area contributed by atoms with E-state index in [0.717, 1.165) is 51.4 Å². The first-order chi connectivity index (χ1) is 28.1. The van der Waals surface area contributed by atoms with E-state index in [1.807, 2.05) is 24.3 Å². The summed E-state index contributed by atoms with van der Waals surface area (Å²) in [6, 6.07) is -1.54. The van der Waals surface area contributed by atoms with Gasteiger partial charge >= 0.3 is 25.7 Å². The van der Waals surface area contributed by atoms with E-state index in [1.54, 1.807) is 0 Å². The lowest BCUT2D eigenvalue weighted by atomic mass is 10.2. The standard InChI is InChI=1S/C46H74NO10P/c1-3-5-7-9-11-13-15-17-19-21-23-25-27-29-31-33-35-37-44(48)54-39-42(40-55-58(52,53)56-41-43(47)46(50)51)57-45(49)38-36-34-32-30-28-26-24-22-20-18-16-14-12-10-8-6-4-2/h11-14,17-20,23-26,29-32,42-43H,3-10,15-16,21-22,27-28,33-41,47H2,1-2H3,(H,50,51)(H,52,53)/b13-11-,14-12-,19-17-,20-18-,25-23-,26-24-,31-29-,32-30-/t42-,43+/m1/s1. The fourth-order valence-corrected chi connectivity index (χ4v) is 5.71. The molecule has 0 fully saturated rings. The Balaban J connectivity index is 4.60. The van der Waals surface area contributed by atoms with Gasteiger partial charge in [-0.15, -0.1) is 0 Å². The van der Waals surface area contributed by atoms with Crippen molar-refractivity contribution in [1.29, 1.82) is 0 Å². The van der Waals surface area contributed by atoms with Gasteiger partial charge in [0.25, 0.3) is 0 Å². The Morgan fingerprint density at radius 1 is 0.534 bits per heavy atom. The Morgan fingerprint density at radius 3 is 1.29 bits per heavy atom. The molecule has 0 amide bonds. The van der Waals surface area contributed by atoms with Gasteiger partial charge in [0.15, 0.2) is 6.10 Å². The number of carbonyl (C=O) groups is 3. The van der Waals surface area contributed by atoms with E-state index in [1.165, 1.54) is 38.5 Å². The lowest BCUT2D eigenvalue weighted by Crippen LogP contribution is -2.34. The van der Waals surface area contributed by atoms with Crippen LogP contribution in [0.2, 0.25) is 0 Å². The summed E-state index contributed by atoms with van der Waals surface area (Å²) in [6.07, 6.45) is 50.6. The number of rotatable bonds is 38. The highest BCUT2D eigenvalue weighted by Crippen LogP contribution is 2.43. The molecule has 0 rings (SSSR count). The number of carboxylic acid groups (broad SMARTS) is 1. The second-order valence-corrected chi connectivity index (χ2v) is 15.2. The molecule has 0 aromatic heterocycles. The maximum atomic E-state index is 12.6. The molecule has 328 valence electrons. The number of phosphoric ester groups is 1. The molecule has 0 spiro atoms. The number of hydrogen-bond acceptors (Lipinski definition) is 9. The van der Waals surface area contributed by atoms with Gasteiger partial charge in [0.2, 0.25) is 0 Å². The number of allylic oxidation sites excluding steroid dienone is 16. The van der Waals surface area contributed by atoms with Crippen molar-refractivity contribution >= 4 is 25.7 Å². The van der Waals surface area contributed by atoms with Crippen LogP contribution >= 0.6 is 7.82 Å². The molecule has 0 saturated heterocycles. The Kier molecular flexibility index (Phi) is 37.7. The van der Waals surface area contributed by atoms with E-state index in [4.69, 9.17) is 24.8 Å². The number of carbonyl (C=O) groups excluding carboxylic acids is 2. The van der Waals surface area contributed by atoms with Gasteiger partial charge in [-0.25, -0.2) is 4.57 Å². The van der Waals surface area contributed by atoms with E-state index in [0.29, 0.717) is 25.7 Å². The van der Waals surface area contributed by atoms with Crippen LogP contribution in [0, 0.1) is 0 Å². The molecule has 0 radical (unpaired) electrons. The van der Waals surface area contributed by atoms with Crippen LogP contribution in [-0.4, -0.2) is 59.9 Å². The normalized spacial score (nSPS) is 14.7. The predicted octanol–water partition coefficient (Wildman–Crippen LogP) is 11.3. The average Bonchev–Trinajstić information content (AvgIpc) is 3.20. The smallest absolute Gasteiger partial charge is 0.472 e. The van der Waals surface area contributed by atoms with Crippen LogP contribution in [-0.2, 0) is 37.5 Å². The van der Waals surface area contributed by atoms with Crippen molar-refractivity contribution in [2.45, 2.75) is 154 Å². The number of hydrogen-bond donors (Lipinski definition) is 3. The molecular weight excluding hydrogens is 757 g/mol. The lowest BCUT2D eigenvalue weighted by Gasteiger charge is -2.20. The fourth-order valence-electron chi connectivity index (χ4n) is 4.93. The van der Waals surface area contributed by atoms with Crippen LogP contribution in [0.5, 0.6) is 0 Å². The third-order valence-corrected chi connectivity index (χ3v) is 9.26. The summed E-state index contributed by atoms with van der Waals surface area (Å²) in [5.74, 6) is -2.54. The molecule has 1 unspecified atom stereocenters. The molecule has 0 aliphatic carbocycles. The number of nitrogens with two attached hydrogens (primary N) is 1. The first kappa shape index (κ1) is 54.4. The molecule has 0 aromatic carbocycles. The van der Waals surface area contributed by atoms with Crippen molar-refractivity contribution in [3.63, 3.8) is 0 Å². The minimum Gasteiger partial charge on any atom is -0.480 e. The summed E-state index contributed by atoms with van der Waals surface area (Å²) in [7, 11) is -4.75. The first-order valence-electron chi connectivity index (χ1n) is 21.3. The number of esters is 2. The molecule has 12 heteroatoms. The summed E-state index contributed by atoms with van der Waals surface area (Å²) in [5.41, 5.74) is 5.32. The van der Waals surface area contributed by atoms with Crippen molar-refractivity contribution in [2.24, 2.45) is 5.73 Å². The van der Waals surface area contributed by atoms with Gasteiger partial charge in [0.1, 0.15) is 12.6 Å². The number of unbranched alkanes of at least 4 members (excludes halogenated alkanes) is 8. The Bertz CT molecular complexity index is 1350. The lowest BCUT2D eigenvalue weighted by molar-refractivity contribution is -0.161. The molecule has 0 aliphatic rings. The summed E-state index contributed by atoms with van der Waals surface area (Å²) in [6.45, 7) is 2.61. The minimum absolute atomic E-state index is 0.0678. The molecule has 0 saturated carbocycles. The first-order valence-corrected chi connectivity index (χ1v) is 22.8. The Labute approximate surface area is 349 Å². The monoisotopic (exact) mass is 832 g/mol. The Hall–Kier alpha value is -3.60. The number of ether oxygens (including phenoxy) is 2. The van der Waals surface area contributed by atoms with Crippen molar-refractivity contribution in [3.8, 4) is 0 Å². The molecule has 4 N–H and O–H groups in total. The van der Waals surface area contributed by atoms with Crippen molar-refractivity contribution in [1.82, 2.24) is 0 Å². The maximum Gasteiger partial charge on any atom is 0.472 e. The number of aliphatic carboxylic acids is 1. The third kappa shape index (κ3) is 39.2. The van der Waals surface area contributed by atoms with Crippen LogP contribution in [0.25, 0.3) is 0 Å². The molecule has 0 aromatic rings. The zero-order chi connectivity index (χ0) is 42.8. The zero-order valence-corrected chi connectivity index (χ0v) is 36.2. The molecule has 0 bridgehead atoms. The molecule has 0 heterocycles. The van der Waals surface area contributed by atoms with Gasteiger partial charge in [-0.05, 0) is 89.9 Å². The largest absolute Gasteiger partial charge is 0.480 e. The predicted molar refractivity (Wildman–Crippen MR) is 235 cm³/mol. The summed E-state index contributed by atoms with van der Waals surface area (Å²) in [4.78, 5) is 45.9. The van der Waals surface area contributed by atoms with E-state index < -0.39 is 57.7 Å². The topological polar surface area (TPSA) is 172 Å². The average molecular weight is 832 g/mol. The van der Waals surface area contributed by atoms with Crippen LogP contribution in [0.15, 0.2) is 97.2 Å². The van der Waals surface area contributed by atoms with Crippen LogP contribution in [0.4, 0.5) is 0 Å². The highest BCUT2D eigenvalue weighted by Gasteiger charge is 2.28. The van der Waals surface area contributed by atoms with Gasteiger partial charge in [-0.1, -0.05) is 137 Å². The van der Waals surface area contributed by atoms with Crippen LogP contribution < -0.4 is 5.73 Å². The fraction of sp³-hybridized carbons (Fsp3) is 0.587. The van der Waals surface area contributed by atoms with Gasteiger partial charge in [-0.2, -0.15) is 0 Å². The summed E-state index contributed by atoms with van der Waals surface area (Å²) >= 11 is 0. The van der Waals surface area contributed by atoms with Crippen LogP contribution in [0.1, 0.15) is 142 Å². The molecule has 3 atom stereocenters. The third-order valence-electron chi connectivity index (χ3n) is 8.30.